The molecule has 0 heterocycles. The second-order valence-electron chi connectivity index (χ2n) is 2.98. The number of aliphatic hydroxyl groups excluding tert-OH is 1. The summed E-state index contributed by atoms with van der Waals surface area (Å²) in [4.78, 5) is 0. The van der Waals surface area contributed by atoms with Gasteiger partial charge in [-0.05, 0) is 25.8 Å². The maximum Gasteiger partial charge on any atom is 0.0448 e. The molecule has 0 radical (unpaired) electrons. The minimum Gasteiger partial charge on any atom is -0.396 e. The van der Waals surface area contributed by atoms with Gasteiger partial charge in [-0.15, -0.1) is 0 Å². The number of nitrogens with one attached hydrogen (secondary N) is 1. The predicted molar refractivity (Wildman–Crippen MR) is 37.3 cm³/mol. The Labute approximate surface area is 56.3 Å². The van der Waals surface area contributed by atoms with E-state index in [1.807, 2.05) is 7.05 Å². The van der Waals surface area contributed by atoms with Gasteiger partial charge in [-0.2, -0.15) is 0 Å². The molecule has 1 rings (SSSR count). The van der Waals surface area contributed by atoms with E-state index in [1.165, 1.54) is 6.42 Å². The van der Waals surface area contributed by atoms with E-state index in [4.69, 9.17) is 5.11 Å². The first-order valence-corrected chi connectivity index (χ1v) is 3.55. The van der Waals surface area contributed by atoms with E-state index in [2.05, 4.69) is 12.2 Å². The molecule has 2 heteroatoms. The highest BCUT2D eigenvalue weighted by atomic mass is 16.3. The van der Waals surface area contributed by atoms with Gasteiger partial charge >= 0.3 is 0 Å². The number of hydrogen-bond acceptors (Lipinski definition) is 2. The van der Waals surface area contributed by atoms with E-state index in [1.54, 1.807) is 0 Å². The number of hydrogen-bond donors (Lipinski definition) is 2. The molecule has 0 amide bonds. The van der Waals surface area contributed by atoms with Crippen LogP contribution in [0.4, 0.5) is 0 Å². The third-order valence-corrected chi connectivity index (χ3v) is 2.51. The van der Waals surface area contributed by atoms with Crippen molar-refractivity contribution in [2.75, 3.05) is 13.7 Å². The van der Waals surface area contributed by atoms with Gasteiger partial charge in [0.2, 0.25) is 0 Å². The summed E-state index contributed by atoms with van der Waals surface area (Å²) in [5.74, 6) is 0.759. The molecular formula is C7H15NO. The van der Waals surface area contributed by atoms with Crippen LogP contribution in [0.5, 0.6) is 0 Å². The van der Waals surface area contributed by atoms with Gasteiger partial charge in [0.1, 0.15) is 0 Å². The number of aliphatic hydroxyl groups is 1. The van der Waals surface area contributed by atoms with Crippen LogP contribution in [0.15, 0.2) is 0 Å². The smallest absolute Gasteiger partial charge is 0.0448 e. The lowest BCUT2D eigenvalue weighted by molar-refractivity contribution is 0.257. The molecule has 0 saturated heterocycles. The minimum atomic E-state index is 0.300. The summed E-state index contributed by atoms with van der Waals surface area (Å²) >= 11 is 0. The van der Waals surface area contributed by atoms with Crippen molar-refractivity contribution in [1.29, 1.82) is 0 Å². The highest BCUT2D eigenvalue weighted by molar-refractivity contribution is 5.06. The Balaban J connectivity index is 2.33. The molecule has 0 aromatic rings. The van der Waals surface area contributed by atoms with Crippen LogP contribution in [0.1, 0.15) is 19.8 Å². The lowest BCUT2D eigenvalue weighted by Crippen LogP contribution is -2.30. The molecule has 2 unspecified atom stereocenters. The lowest BCUT2D eigenvalue weighted by atomic mass is 10.1. The van der Waals surface area contributed by atoms with Crippen molar-refractivity contribution in [3.05, 3.63) is 0 Å². The Hall–Kier alpha value is -0.0800. The molecule has 0 bridgehead atoms. The quantitative estimate of drug-likeness (QED) is 0.577. The third-order valence-electron chi connectivity index (χ3n) is 2.51. The predicted octanol–water partition coefficient (Wildman–Crippen LogP) is 0.367. The topological polar surface area (TPSA) is 32.3 Å². The molecule has 9 heavy (non-hydrogen) atoms. The highest BCUT2D eigenvalue weighted by Crippen LogP contribution is 2.44. The van der Waals surface area contributed by atoms with Crippen LogP contribution < -0.4 is 5.32 Å². The fourth-order valence-electron chi connectivity index (χ4n) is 1.51. The normalized spacial score (nSPS) is 41.0. The van der Waals surface area contributed by atoms with Gasteiger partial charge in [-0.3, -0.25) is 0 Å². The van der Waals surface area contributed by atoms with Gasteiger partial charge in [0.05, 0.1) is 0 Å². The van der Waals surface area contributed by atoms with Crippen LogP contribution in [-0.4, -0.2) is 24.3 Å². The van der Waals surface area contributed by atoms with E-state index >= 15 is 0 Å². The Morgan fingerprint density at radius 1 is 1.78 bits per heavy atom. The van der Waals surface area contributed by atoms with Gasteiger partial charge < -0.3 is 10.4 Å². The molecule has 2 N–H and O–H groups in total. The summed E-state index contributed by atoms with van der Waals surface area (Å²) in [6.07, 6.45) is 2.13. The zero-order chi connectivity index (χ0) is 6.91. The molecule has 0 aromatic carbocycles. The second-order valence-corrected chi connectivity index (χ2v) is 2.98. The van der Waals surface area contributed by atoms with Gasteiger partial charge in [-0.1, -0.05) is 6.92 Å². The fourth-order valence-corrected chi connectivity index (χ4v) is 1.51. The molecule has 0 aromatic heterocycles. The van der Waals surface area contributed by atoms with Crippen LogP contribution in [0, 0.1) is 5.92 Å². The summed E-state index contributed by atoms with van der Waals surface area (Å²) < 4.78 is 0. The summed E-state index contributed by atoms with van der Waals surface area (Å²) in [7, 11) is 1.97. The number of rotatable bonds is 3. The van der Waals surface area contributed by atoms with Gasteiger partial charge in [-0.25, -0.2) is 0 Å². The minimum absolute atomic E-state index is 0.300. The maximum absolute atomic E-state index is 8.65. The highest BCUT2D eigenvalue weighted by Gasteiger charge is 2.48. The van der Waals surface area contributed by atoms with E-state index in [9.17, 15) is 0 Å². The molecule has 1 aliphatic carbocycles. The van der Waals surface area contributed by atoms with Gasteiger partial charge in [0.15, 0.2) is 0 Å². The SMILES string of the molecule is CNC1(CCO)CC1C. The largest absolute Gasteiger partial charge is 0.396 e. The van der Waals surface area contributed by atoms with E-state index < -0.39 is 0 Å². The zero-order valence-corrected chi connectivity index (χ0v) is 6.15. The zero-order valence-electron chi connectivity index (χ0n) is 6.15. The summed E-state index contributed by atoms with van der Waals surface area (Å²) in [5.41, 5.74) is 0.300. The van der Waals surface area contributed by atoms with E-state index in [-0.39, 0.29) is 0 Å². The average molecular weight is 129 g/mol. The average Bonchev–Trinajstić information content (AvgIpc) is 2.45. The Kier molecular flexibility index (Phi) is 1.78. The lowest BCUT2D eigenvalue weighted by Gasteiger charge is -2.12. The first-order valence-electron chi connectivity index (χ1n) is 3.55. The van der Waals surface area contributed by atoms with Crippen molar-refractivity contribution in [2.24, 2.45) is 5.92 Å². The summed E-state index contributed by atoms with van der Waals surface area (Å²) in [6, 6.07) is 0. The molecule has 2 nitrogen and oxygen atoms in total. The molecule has 1 saturated carbocycles. The standard InChI is InChI=1S/C7H15NO/c1-6-5-7(6,8-2)3-4-9/h6,8-9H,3-5H2,1-2H3. The van der Waals surface area contributed by atoms with Crippen LogP contribution in [0.2, 0.25) is 0 Å². The van der Waals surface area contributed by atoms with Crippen molar-refractivity contribution in [2.45, 2.75) is 25.3 Å². The van der Waals surface area contributed by atoms with Crippen molar-refractivity contribution in [1.82, 2.24) is 5.32 Å². The van der Waals surface area contributed by atoms with Crippen LogP contribution in [-0.2, 0) is 0 Å². The molecule has 2 atom stereocenters. The fraction of sp³-hybridized carbons (Fsp3) is 1.00. The molecule has 1 fully saturated rings. The van der Waals surface area contributed by atoms with Gasteiger partial charge in [0.25, 0.3) is 0 Å². The Bertz CT molecular complexity index is 101. The monoisotopic (exact) mass is 129 g/mol. The van der Waals surface area contributed by atoms with E-state index in [0.717, 1.165) is 12.3 Å². The Morgan fingerprint density at radius 3 is 2.44 bits per heavy atom. The molecule has 0 aliphatic heterocycles. The molecule has 54 valence electrons. The van der Waals surface area contributed by atoms with Crippen molar-refractivity contribution < 1.29 is 5.11 Å². The van der Waals surface area contributed by atoms with Crippen molar-refractivity contribution >= 4 is 0 Å². The van der Waals surface area contributed by atoms with Crippen LogP contribution >= 0.6 is 0 Å². The second kappa shape index (κ2) is 2.27. The molecule has 1 aliphatic rings. The first kappa shape index (κ1) is 7.03. The molecular weight excluding hydrogens is 114 g/mol. The van der Waals surface area contributed by atoms with Crippen LogP contribution in [0.3, 0.4) is 0 Å². The first-order chi connectivity index (χ1) is 4.25. The van der Waals surface area contributed by atoms with Crippen molar-refractivity contribution in [3.63, 3.8) is 0 Å². The summed E-state index contributed by atoms with van der Waals surface area (Å²) in [5, 5.41) is 11.9. The third kappa shape index (κ3) is 1.10. The van der Waals surface area contributed by atoms with Crippen LogP contribution in [0.25, 0.3) is 0 Å². The van der Waals surface area contributed by atoms with E-state index in [0.29, 0.717) is 12.1 Å². The molecule has 0 spiro atoms. The maximum atomic E-state index is 8.65. The Morgan fingerprint density at radius 2 is 2.33 bits per heavy atom. The summed E-state index contributed by atoms with van der Waals surface area (Å²) in [6.45, 7) is 2.53. The van der Waals surface area contributed by atoms with Crippen molar-refractivity contribution in [3.8, 4) is 0 Å². The van der Waals surface area contributed by atoms with Gasteiger partial charge in [0, 0.05) is 12.1 Å².